The Bertz CT molecular complexity index is 1060. The lowest BCUT2D eigenvalue weighted by molar-refractivity contribution is 0.0942. The van der Waals surface area contributed by atoms with Crippen molar-refractivity contribution in [2.75, 3.05) is 18.4 Å². The number of aryl methyl sites for hydroxylation is 2. The van der Waals surface area contributed by atoms with E-state index < -0.39 is 5.91 Å². The molecule has 2 amide bonds. The van der Waals surface area contributed by atoms with Gasteiger partial charge >= 0.3 is 0 Å². The van der Waals surface area contributed by atoms with Crippen molar-refractivity contribution in [1.82, 2.24) is 29.8 Å². The van der Waals surface area contributed by atoms with Crippen molar-refractivity contribution in [3.63, 3.8) is 0 Å². The second-order valence-corrected chi connectivity index (χ2v) is 7.79. The first-order valence-electron chi connectivity index (χ1n) is 10.4. The molecular formula is C21H27N7O3. The summed E-state index contributed by atoms with van der Waals surface area (Å²) in [4.78, 5) is 27.7. The molecule has 1 aliphatic rings. The molecule has 0 aromatic carbocycles. The van der Waals surface area contributed by atoms with Crippen LogP contribution in [0.3, 0.4) is 0 Å². The number of piperidine rings is 1. The number of anilines is 1. The van der Waals surface area contributed by atoms with Crippen LogP contribution in [0.4, 0.5) is 5.69 Å². The summed E-state index contributed by atoms with van der Waals surface area (Å²) in [6, 6.07) is 3.49. The van der Waals surface area contributed by atoms with Crippen LogP contribution in [0.25, 0.3) is 0 Å². The van der Waals surface area contributed by atoms with E-state index in [2.05, 4.69) is 25.7 Å². The number of likely N-dealkylation sites (tertiary alicyclic amines) is 1. The fourth-order valence-electron chi connectivity index (χ4n) is 3.73. The summed E-state index contributed by atoms with van der Waals surface area (Å²) in [5, 5.41) is 13.8. The van der Waals surface area contributed by atoms with Gasteiger partial charge in [-0.2, -0.15) is 10.2 Å². The van der Waals surface area contributed by atoms with E-state index in [0.29, 0.717) is 18.8 Å². The largest absolute Gasteiger partial charge is 0.455 e. The molecule has 0 radical (unpaired) electrons. The van der Waals surface area contributed by atoms with Crippen LogP contribution in [0.15, 0.2) is 35.1 Å². The van der Waals surface area contributed by atoms with Crippen molar-refractivity contribution in [2.24, 2.45) is 14.1 Å². The second kappa shape index (κ2) is 9.17. The lowest BCUT2D eigenvalue weighted by atomic mass is 10.1. The SMILES string of the molecule is Cn1cc(CNC(=O)c2c(NC(=O)c3ccc(CN4CCCCC4)o3)cnn2C)cn1. The molecule has 1 fully saturated rings. The van der Waals surface area contributed by atoms with Gasteiger partial charge in [0.05, 0.1) is 24.6 Å². The van der Waals surface area contributed by atoms with Crippen LogP contribution in [0, 0.1) is 0 Å². The number of hydrogen-bond acceptors (Lipinski definition) is 6. The van der Waals surface area contributed by atoms with Crippen molar-refractivity contribution in [3.8, 4) is 0 Å². The van der Waals surface area contributed by atoms with E-state index in [-0.39, 0.29) is 17.4 Å². The number of nitrogens with zero attached hydrogens (tertiary/aromatic N) is 5. The van der Waals surface area contributed by atoms with E-state index >= 15 is 0 Å². The Morgan fingerprint density at radius 3 is 2.61 bits per heavy atom. The summed E-state index contributed by atoms with van der Waals surface area (Å²) in [7, 11) is 3.46. The highest BCUT2D eigenvalue weighted by atomic mass is 16.4. The Balaban J connectivity index is 1.39. The zero-order valence-corrected chi connectivity index (χ0v) is 17.8. The van der Waals surface area contributed by atoms with Gasteiger partial charge < -0.3 is 15.1 Å². The molecule has 0 bridgehead atoms. The average molecular weight is 425 g/mol. The van der Waals surface area contributed by atoms with Crippen LogP contribution in [0.1, 0.15) is 51.6 Å². The fourth-order valence-corrected chi connectivity index (χ4v) is 3.73. The van der Waals surface area contributed by atoms with Crippen LogP contribution in [0.2, 0.25) is 0 Å². The van der Waals surface area contributed by atoms with Crippen LogP contribution in [-0.4, -0.2) is 49.4 Å². The van der Waals surface area contributed by atoms with Gasteiger partial charge in [0.25, 0.3) is 11.8 Å². The Labute approximate surface area is 180 Å². The molecule has 0 aliphatic carbocycles. The molecule has 4 heterocycles. The highest BCUT2D eigenvalue weighted by Crippen LogP contribution is 2.19. The van der Waals surface area contributed by atoms with Crippen LogP contribution >= 0.6 is 0 Å². The van der Waals surface area contributed by atoms with Gasteiger partial charge in [-0.05, 0) is 38.1 Å². The number of nitrogens with one attached hydrogen (secondary N) is 2. The predicted octanol–water partition coefficient (Wildman–Crippen LogP) is 1.91. The smallest absolute Gasteiger partial charge is 0.291 e. The zero-order valence-electron chi connectivity index (χ0n) is 17.8. The minimum absolute atomic E-state index is 0.206. The number of amides is 2. The molecule has 10 nitrogen and oxygen atoms in total. The summed E-state index contributed by atoms with van der Waals surface area (Å²) in [6.45, 7) is 3.12. The van der Waals surface area contributed by atoms with Gasteiger partial charge in [-0.25, -0.2) is 0 Å². The number of carbonyl (C=O) groups excluding carboxylic acids is 2. The average Bonchev–Trinajstić information content (AvgIpc) is 3.48. The monoisotopic (exact) mass is 425 g/mol. The summed E-state index contributed by atoms with van der Waals surface area (Å²) in [5.74, 6) is 0.203. The van der Waals surface area contributed by atoms with Gasteiger partial charge in [0, 0.05) is 32.4 Å². The highest BCUT2D eigenvalue weighted by molar-refractivity contribution is 6.07. The summed E-state index contributed by atoms with van der Waals surface area (Å²) in [5.41, 5.74) is 1.46. The first-order valence-corrected chi connectivity index (χ1v) is 10.4. The van der Waals surface area contributed by atoms with E-state index in [9.17, 15) is 9.59 Å². The molecule has 164 valence electrons. The van der Waals surface area contributed by atoms with Gasteiger partial charge in [-0.15, -0.1) is 0 Å². The third-order valence-electron chi connectivity index (χ3n) is 5.33. The number of carbonyl (C=O) groups is 2. The van der Waals surface area contributed by atoms with E-state index in [1.54, 1.807) is 24.0 Å². The van der Waals surface area contributed by atoms with Crippen molar-refractivity contribution < 1.29 is 14.0 Å². The summed E-state index contributed by atoms with van der Waals surface area (Å²) in [6.07, 6.45) is 8.62. The summed E-state index contributed by atoms with van der Waals surface area (Å²) < 4.78 is 8.84. The van der Waals surface area contributed by atoms with E-state index in [4.69, 9.17) is 4.42 Å². The lowest BCUT2D eigenvalue weighted by Crippen LogP contribution is -2.28. The minimum atomic E-state index is -0.417. The second-order valence-electron chi connectivity index (χ2n) is 7.79. The maximum atomic E-state index is 12.7. The molecule has 3 aromatic rings. The summed E-state index contributed by atoms with van der Waals surface area (Å²) >= 11 is 0. The van der Waals surface area contributed by atoms with E-state index in [0.717, 1.165) is 24.4 Å². The number of hydrogen-bond donors (Lipinski definition) is 2. The fraction of sp³-hybridized carbons (Fsp3) is 0.429. The van der Waals surface area contributed by atoms with Crippen molar-refractivity contribution in [1.29, 1.82) is 0 Å². The molecule has 0 unspecified atom stereocenters. The molecule has 0 atom stereocenters. The lowest BCUT2D eigenvalue weighted by Gasteiger charge is -2.25. The van der Waals surface area contributed by atoms with E-state index in [1.807, 2.05) is 19.3 Å². The number of furan rings is 1. The Morgan fingerprint density at radius 2 is 1.87 bits per heavy atom. The molecule has 3 aromatic heterocycles. The van der Waals surface area contributed by atoms with Crippen molar-refractivity contribution in [2.45, 2.75) is 32.4 Å². The normalized spacial score (nSPS) is 14.5. The third kappa shape index (κ3) is 5.02. The van der Waals surface area contributed by atoms with Crippen molar-refractivity contribution in [3.05, 3.63) is 53.5 Å². The Morgan fingerprint density at radius 1 is 1.06 bits per heavy atom. The van der Waals surface area contributed by atoms with Crippen molar-refractivity contribution >= 4 is 17.5 Å². The molecule has 2 N–H and O–H groups in total. The van der Waals surface area contributed by atoms with Crippen LogP contribution in [0.5, 0.6) is 0 Å². The molecule has 1 aliphatic heterocycles. The molecular weight excluding hydrogens is 398 g/mol. The minimum Gasteiger partial charge on any atom is -0.455 e. The van der Waals surface area contributed by atoms with Crippen LogP contribution < -0.4 is 10.6 Å². The van der Waals surface area contributed by atoms with Gasteiger partial charge in [-0.1, -0.05) is 6.42 Å². The third-order valence-corrected chi connectivity index (χ3v) is 5.33. The maximum Gasteiger partial charge on any atom is 0.291 e. The molecule has 4 rings (SSSR count). The van der Waals surface area contributed by atoms with Gasteiger partial charge in [0.2, 0.25) is 0 Å². The van der Waals surface area contributed by atoms with Gasteiger partial charge in [0.1, 0.15) is 11.5 Å². The quantitative estimate of drug-likeness (QED) is 0.598. The predicted molar refractivity (Wildman–Crippen MR) is 113 cm³/mol. The van der Waals surface area contributed by atoms with Gasteiger partial charge in [0.15, 0.2) is 5.76 Å². The number of rotatable bonds is 7. The molecule has 31 heavy (non-hydrogen) atoms. The molecule has 0 spiro atoms. The molecule has 0 saturated carbocycles. The number of aromatic nitrogens is 4. The Hall–Kier alpha value is -3.40. The maximum absolute atomic E-state index is 12.7. The molecule has 10 heteroatoms. The zero-order chi connectivity index (χ0) is 21.8. The van der Waals surface area contributed by atoms with Crippen LogP contribution in [-0.2, 0) is 27.2 Å². The standard InChI is InChI=1S/C21H27N7O3/c1-26-13-15(11-23-26)10-22-21(30)19-17(12-24-27(19)2)25-20(29)18-7-6-16(31-18)14-28-8-4-3-5-9-28/h6-7,11-13H,3-5,8-10,14H2,1-2H3,(H,22,30)(H,25,29). The first kappa shape index (κ1) is 20.9. The first-order chi connectivity index (χ1) is 15.0. The topological polar surface area (TPSA) is 110 Å². The van der Waals surface area contributed by atoms with Gasteiger partial charge in [-0.3, -0.25) is 23.9 Å². The highest BCUT2D eigenvalue weighted by Gasteiger charge is 2.21. The van der Waals surface area contributed by atoms with E-state index in [1.165, 1.54) is 30.1 Å². The molecule has 1 saturated heterocycles. The Kier molecular flexibility index (Phi) is 6.17.